The Bertz CT molecular complexity index is 1140. The Hall–Kier alpha value is -2.36. The van der Waals surface area contributed by atoms with Crippen LogP contribution in [0.2, 0.25) is 0 Å². The number of hydrogen-bond acceptors (Lipinski definition) is 4. The molecule has 0 amide bonds. The second kappa shape index (κ2) is 9.84. The van der Waals surface area contributed by atoms with E-state index in [4.69, 9.17) is 0 Å². The molecule has 4 rings (SSSR count). The lowest BCUT2D eigenvalue weighted by atomic mass is 10.1. The minimum Gasteiger partial charge on any atom is -0.314 e. The molecule has 1 aliphatic rings. The number of alkyl halides is 2. The third-order valence-electron chi connectivity index (χ3n) is 5.12. The summed E-state index contributed by atoms with van der Waals surface area (Å²) in [5.74, 6) is -0.926. The Labute approximate surface area is 180 Å². The Morgan fingerprint density at radius 2 is 1.71 bits per heavy atom. The van der Waals surface area contributed by atoms with Gasteiger partial charge in [-0.05, 0) is 23.8 Å². The Kier molecular flexibility index (Phi) is 7.40. The van der Waals surface area contributed by atoms with Crippen molar-refractivity contribution in [3.8, 4) is 0 Å². The van der Waals surface area contributed by atoms with Crippen LogP contribution in [0.5, 0.6) is 0 Å². The highest BCUT2D eigenvalue weighted by molar-refractivity contribution is 7.90. The lowest BCUT2D eigenvalue weighted by Crippen LogP contribution is -2.42. The maximum absolute atomic E-state index is 14.2. The van der Waals surface area contributed by atoms with Crippen LogP contribution in [0.15, 0.2) is 53.6 Å². The van der Waals surface area contributed by atoms with Crippen LogP contribution in [0, 0.1) is 5.82 Å². The van der Waals surface area contributed by atoms with Gasteiger partial charge in [-0.2, -0.15) is 0 Å². The van der Waals surface area contributed by atoms with Crippen molar-refractivity contribution in [1.82, 2.24) is 14.2 Å². The summed E-state index contributed by atoms with van der Waals surface area (Å²) in [5.41, 5.74) is 0.379. The normalized spacial score (nSPS) is 15.2. The van der Waals surface area contributed by atoms with Crippen molar-refractivity contribution in [1.29, 1.82) is 0 Å². The smallest absolute Gasteiger partial charge is 0.271 e. The molecular weight excluding hydrogens is 427 g/mol. The number of halogens is 3. The van der Waals surface area contributed by atoms with Crippen molar-refractivity contribution in [2.75, 3.05) is 26.2 Å². The van der Waals surface area contributed by atoms with Gasteiger partial charge in [-0.25, -0.2) is 25.6 Å². The standard InChI is InChI=1S/C20H20F3N3O2S.C2H6/c21-16-5-1-2-7-18(16)29(27,28)26-13-15(20(22)23)19-14(4-3-6-17(19)26)12-25-10-8-24-9-11-25;1-2/h1-7,13,20,24H,8-12H2;1-2H3. The molecule has 1 N–H and O–H groups in total. The van der Waals surface area contributed by atoms with E-state index >= 15 is 0 Å². The number of nitrogens with one attached hydrogen (secondary N) is 1. The van der Waals surface area contributed by atoms with E-state index in [2.05, 4.69) is 10.2 Å². The summed E-state index contributed by atoms with van der Waals surface area (Å²) in [6.07, 6.45) is -1.95. The zero-order valence-electron chi connectivity index (χ0n) is 17.5. The maximum Gasteiger partial charge on any atom is 0.271 e. The van der Waals surface area contributed by atoms with Gasteiger partial charge in [0.15, 0.2) is 0 Å². The second-order valence-electron chi connectivity index (χ2n) is 6.95. The molecule has 2 heterocycles. The van der Waals surface area contributed by atoms with Crippen LogP contribution in [-0.4, -0.2) is 43.5 Å². The molecular formula is C22H26F3N3O2S. The summed E-state index contributed by atoms with van der Waals surface area (Å²) in [6, 6.07) is 9.77. The zero-order valence-corrected chi connectivity index (χ0v) is 18.3. The molecule has 1 fully saturated rings. The molecule has 2 aromatic carbocycles. The molecule has 0 bridgehead atoms. The lowest BCUT2D eigenvalue weighted by Gasteiger charge is -2.27. The minimum absolute atomic E-state index is 0.121. The third kappa shape index (κ3) is 4.63. The first-order chi connectivity index (χ1) is 14.9. The first-order valence-electron chi connectivity index (χ1n) is 10.2. The Balaban J connectivity index is 0.00000132. The maximum atomic E-state index is 14.2. The number of fused-ring (bicyclic) bond motifs is 1. The summed E-state index contributed by atoms with van der Waals surface area (Å²) in [7, 11) is -4.37. The highest BCUT2D eigenvalue weighted by Gasteiger charge is 2.28. The number of hydrogen-bond donors (Lipinski definition) is 1. The molecule has 31 heavy (non-hydrogen) atoms. The Morgan fingerprint density at radius 3 is 2.35 bits per heavy atom. The van der Waals surface area contributed by atoms with Gasteiger partial charge in [0.2, 0.25) is 0 Å². The van der Waals surface area contributed by atoms with E-state index in [0.717, 1.165) is 48.5 Å². The lowest BCUT2D eigenvalue weighted by molar-refractivity contribution is 0.153. The van der Waals surface area contributed by atoms with E-state index in [9.17, 15) is 21.6 Å². The van der Waals surface area contributed by atoms with Crippen molar-refractivity contribution in [3.63, 3.8) is 0 Å². The summed E-state index contributed by atoms with van der Waals surface area (Å²) in [4.78, 5) is 1.58. The van der Waals surface area contributed by atoms with Gasteiger partial charge in [0.25, 0.3) is 16.4 Å². The van der Waals surface area contributed by atoms with Gasteiger partial charge < -0.3 is 5.32 Å². The first-order valence-corrected chi connectivity index (χ1v) is 11.7. The van der Waals surface area contributed by atoms with Gasteiger partial charge in [-0.3, -0.25) is 4.90 Å². The predicted octanol–water partition coefficient (Wildman–Crippen LogP) is 4.39. The van der Waals surface area contributed by atoms with Gasteiger partial charge in [-0.1, -0.05) is 38.1 Å². The number of piperazine rings is 1. The molecule has 0 saturated carbocycles. The number of rotatable bonds is 5. The monoisotopic (exact) mass is 453 g/mol. The van der Waals surface area contributed by atoms with Gasteiger partial charge in [0, 0.05) is 49.9 Å². The summed E-state index contributed by atoms with van der Waals surface area (Å²) < 4.78 is 68.7. The van der Waals surface area contributed by atoms with Crippen molar-refractivity contribution in [2.24, 2.45) is 0 Å². The van der Waals surface area contributed by atoms with Crippen LogP contribution in [0.25, 0.3) is 10.9 Å². The van der Waals surface area contributed by atoms with E-state index in [0.29, 0.717) is 12.1 Å². The molecule has 168 valence electrons. The van der Waals surface area contributed by atoms with Crippen LogP contribution in [0.1, 0.15) is 31.4 Å². The molecule has 0 radical (unpaired) electrons. The fraction of sp³-hybridized carbons (Fsp3) is 0.364. The highest BCUT2D eigenvalue weighted by atomic mass is 32.2. The molecule has 0 spiro atoms. The van der Waals surface area contributed by atoms with Gasteiger partial charge in [0.1, 0.15) is 10.7 Å². The number of nitrogens with zero attached hydrogens (tertiary/aromatic N) is 2. The van der Waals surface area contributed by atoms with Crippen LogP contribution in [0.4, 0.5) is 13.2 Å². The van der Waals surface area contributed by atoms with Gasteiger partial charge in [-0.15, -0.1) is 0 Å². The predicted molar refractivity (Wildman–Crippen MR) is 115 cm³/mol. The molecule has 3 aromatic rings. The van der Waals surface area contributed by atoms with Crippen LogP contribution >= 0.6 is 0 Å². The van der Waals surface area contributed by atoms with Crippen LogP contribution in [-0.2, 0) is 16.6 Å². The SMILES string of the molecule is CC.O=S(=O)(c1ccccc1F)n1cc(C(F)F)c2c(CN3CCNCC3)cccc21. The minimum atomic E-state index is -4.37. The molecule has 1 aromatic heterocycles. The Morgan fingerprint density at radius 1 is 1.03 bits per heavy atom. The van der Waals surface area contributed by atoms with Crippen molar-refractivity contribution in [2.45, 2.75) is 31.7 Å². The van der Waals surface area contributed by atoms with E-state index in [1.165, 1.54) is 18.2 Å². The molecule has 9 heteroatoms. The zero-order chi connectivity index (χ0) is 22.6. The summed E-state index contributed by atoms with van der Waals surface area (Å²) in [5, 5.41) is 3.44. The van der Waals surface area contributed by atoms with Crippen molar-refractivity contribution in [3.05, 3.63) is 65.6 Å². The van der Waals surface area contributed by atoms with Crippen molar-refractivity contribution < 1.29 is 21.6 Å². The summed E-state index contributed by atoms with van der Waals surface area (Å²) in [6.45, 7) is 7.59. The average molecular weight is 454 g/mol. The quantitative estimate of drug-likeness (QED) is 0.623. The fourth-order valence-corrected chi connectivity index (χ4v) is 5.17. The molecule has 0 aliphatic carbocycles. The summed E-state index contributed by atoms with van der Waals surface area (Å²) >= 11 is 0. The van der Waals surface area contributed by atoms with E-state index < -0.39 is 27.2 Å². The topological polar surface area (TPSA) is 54.3 Å². The third-order valence-corrected chi connectivity index (χ3v) is 6.83. The molecule has 0 unspecified atom stereocenters. The first kappa shape index (κ1) is 23.3. The van der Waals surface area contributed by atoms with Crippen molar-refractivity contribution >= 4 is 20.9 Å². The molecule has 1 aliphatic heterocycles. The van der Waals surface area contributed by atoms with E-state index in [1.54, 1.807) is 12.1 Å². The fourth-order valence-electron chi connectivity index (χ4n) is 3.73. The molecule has 5 nitrogen and oxygen atoms in total. The second-order valence-corrected chi connectivity index (χ2v) is 8.74. The molecule has 1 saturated heterocycles. The van der Waals surface area contributed by atoms with E-state index in [1.807, 2.05) is 13.8 Å². The van der Waals surface area contributed by atoms with Crippen LogP contribution in [0.3, 0.4) is 0 Å². The number of benzene rings is 2. The largest absolute Gasteiger partial charge is 0.314 e. The van der Waals surface area contributed by atoms with E-state index in [-0.39, 0.29) is 16.5 Å². The molecule has 0 atom stereocenters. The number of aromatic nitrogens is 1. The van der Waals surface area contributed by atoms with Gasteiger partial charge in [0.05, 0.1) is 5.52 Å². The highest BCUT2D eigenvalue weighted by Crippen LogP contribution is 2.35. The average Bonchev–Trinajstić information content (AvgIpc) is 3.18. The van der Waals surface area contributed by atoms with Gasteiger partial charge >= 0.3 is 0 Å². The van der Waals surface area contributed by atoms with Crippen LogP contribution < -0.4 is 5.32 Å².